The molecule has 2 fully saturated rings. The first-order valence-electron chi connectivity index (χ1n) is 7.25. The predicted octanol–water partition coefficient (Wildman–Crippen LogP) is 0.517. The van der Waals surface area contributed by atoms with E-state index in [9.17, 15) is 9.90 Å². The van der Waals surface area contributed by atoms with Gasteiger partial charge in [-0.2, -0.15) is 0 Å². The van der Waals surface area contributed by atoms with E-state index in [0.29, 0.717) is 25.2 Å². The van der Waals surface area contributed by atoms with Gasteiger partial charge in [0.15, 0.2) is 0 Å². The third-order valence-electron chi connectivity index (χ3n) is 3.78. The Labute approximate surface area is 123 Å². The van der Waals surface area contributed by atoms with E-state index < -0.39 is 6.10 Å². The van der Waals surface area contributed by atoms with E-state index in [1.807, 2.05) is 12.1 Å². The standard InChI is InChI=1S/C14H20N4O3/c19-12-3-4-18(10-12)14(20)16-11-1-2-13(15-9-11)17-5-7-21-8-6-17/h1-2,9,12,19H,3-8,10H2,(H,16,20)/t12-/m0/s1. The summed E-state index contributed by atoms with van der Waals surface area (Å²) in [6, 6.07) is 3.56. The average molecular weight is 292 g/mol. The minimum absolute atomic E-state index is 0.188. The quantitative estimate of drug-likeness (QED) is 0.831. The van der Waals surface area contributed by atoms with Crippen molar-refractivity contribution in [3.63, 3.8) is 0 Å². The molecular weight excluding hydrogens is 272 g/mol. The lowest BCUT2D eigenvalue weighted by Gasteiger charge is -2.27. The van der Waals surface area contributed by atoms with Crippen LogP contribution in [0.5, 0.6) is 0 Å². The monoisotopic (exact) mass is 292 g/mol. The fraction of sp³-hybridized carbons (Fsp3) is 0.571. The SMILES string of the molecule is O=C(Nc1ccc(N2CCOCC2)nc1)N1CC[C@H](O)C1. The van der Waals surface area contributed by atoms with Crippen LogP contribution in [-0.2, 0) is 4.74 Å². The van der Waals surface area contributed by atoms with Crippen molar-refractivity contribution in [2.45, 2.75) is 12.5 Å². The van der Waals surface area contributed by atoms with E-state index >= 15 is 0 Å². The van der Waals surface area contributed by atoms with Gasteiger partial charge in [0.05, 0.1) is 31.2 Å². The number of hydrogen-bond acceptors (Lipinski definition) is 5. The number of pyridine rings is 1. The minimum Gasteiger partial charge on any atom is -0.391 e. The van der Waals surface area contributed by atoms with E-state index in [4.69, 9.17) is 4.74 Å². The van der Waals surface area contributed by atoms with Crippen molar-refractivity contribution in [1.29, 1.82) is 0 Å². The number of aliphatic hydroxyl groups is 1. The number of aliphatic hydroxyl groups excluding tert-OH is 1. The fourth-order valence-corrected chi connectivity index (χ4v) is 2.57. The molecule has 0 aliphatic carbocycles. The third-order valence-corrected chi connectivity index (χ3v) is 3.78. The second-order valence-corrected chi connectivity index (χ2v) is 5.32. The molecule has 114 valence electrons. The van der Waals surface area contributed by atoms with Crippen molar-refractivity contribution in [3.05, 3.63) is 18.3 Å². The summed E-state index contributed by atoms with van der Waals surface area (Å²) in [6.07, 6.45) is 1.90. The van der Waals surface area contributed by atoms with Crippen molar-refractivity contribution in [1.82, 2.24) is 9.88 Å². The van der Waals surface area contributed by atoms with Gasteiger partial charge < -0.3 is 25.0 Å². The van der Waals surface area contributed by atoms with Crippen molar-refractivity contribution in [3.8, 4) is 0 Å². The number of nitrogens with zero attached hydrogens (tertiary/aromatic N) is 3. The number of carbonyl (C=O) groups is 1. The molecule has 0 radical (unpaired) electrons. The normalized spacial score (nSPS) is 22.4. The van der Waals surface area contributed by atoms with Gasteiger partial charge in [-0.05, 0) is 18.6 Å². The van der Waals surface area contributed by atoms with Crippen LogP contribution in [0.1, 0.15) is 6.42 Å². The zero-order valence-electron chi connectivity index (χ0n) is 11.9. The highest BCUT2D eigenvalue weighted by molar-refractivity contribution is 5.89. The minimum atomic E-state index is -0.405. The maximum atomic E-state index is 12.0. The number of aromatic nitrogens is 1. The van der Waals surface area contributed by atoms with E-state index in [-0.39, 0.29) is 6.03 Å². The number of urea groups is 1. The zero-order chi connectivity index (χ0) is 14.7. The second-order valence-electron chi connectivity index (χ2n) is 5.32. The van der Waals surface area contributed by atoms with Crippen molar-refractivity contribution in [2.24, 2.45) is 0 Å². The van der Waals surface area contributed by atoms with Gasteiger partial charge in [-0.3, -0.25) is 0 Å². The number of likely N-dealkylation sites (tertiary alicyclic amines) is 1. The number of amides is 2. The van der Waals surface area contributed by atoms with Crippen LogP contribution in [-0.4, -0.2) is 66.5 Å². The number of carbonyl (C=O) groups excluding carboxylic acids is 1. The Morgan fingerprint density at radius 1 is 1.33 bits per heavy atom. The van der Waals surface area contributed by atoms with Crippen LogP contribution in [0.25, 0.3) is 0 Å². The molecule has 0 saturated carbocycles. The lowest BCUT2D eigenvalue weighted by atomic mass is 10.3. The van der Waals surface area contributed by atoms with Crippen LogP contribution < -0.4 is 10.2 Å². The van der Waals surface area contributed by atoms with Crippen LogP contribution in [0, 0.1) is 0 Å². The molecule has 0 unspecified atom stereocenters. The number of anilines is 2. The Kier molecular flexibility index (Phi) is 4.21. The molecule has 2 N–H and O–H groups in total. The van der Waals surface area contributed by atoms with Gasteiger partial charge >= 0.3 is 6.03 Å². The lowest BCUT2D eigenvalue weighted by Crippen LogP contribution is -2.36. The molecular formula is C14H20N4O3. The van der Waals surface area contributed by atoms with Crippen LogP contribution in [0.4, 0.5) is 16.3 Å². The molecule has 7 nitrogen and oxygen atoms in total. The van der Waals surface area contributed by atoms with Gasteiger partial charge in [0.2, 0.25) is 0 Å². The highest BCUT2D eigenvalue weighted by Gasteiger charge is 2.24. The van der Waals surface area contributed by atoms with Gasteiger partial charge in [-0.15, -0.1) is 0 Å². The van der Waals surface area contributed by atoms with Gasteiger partial charge in [0, 0.05) is 26.2 Å². The summed E-state index contributed by atoms with van der Waals surface area (Å²) in [6.45, 7) is 4.10. The van der Waals surface area contributed by atoms with E-state index in [1.54, 1.807) is 11.1 Å². The third kappa shape index (κ3) is 3.43. The fourth-order valence-electron chi connectivity index (χ4n) is 2.57. The molecule has 1 aromatic rings. The summed E-state index contributed by atoms with van der Waals surface area (Å²) in [4.78, 5) is 20.2. The maximum absolute atomic E-state index is 12.0. The molecule has 2 saturated heterocycles. The Bertz CT molecular complexity index is 487. The highest BCUT2D eigenvalue weighted by atomic mass is 16.5. The largest absolute Gasteiger partial charge is 0.391 e. The molecule has 2 aliphatic rings. The van der Waals surface area contributed by atoms with E-state index in [2.05, 4.69) is 15.2 Å². The number of hydrogen-bond donors (Lipinski definition) is 2. The van der Waals surface area contributed by atoms with Gasteiger partial charge in [0.25, 0.3) is 0 Å². The van der Waals surface area contributed by atoms with Crippen molar-refractivity contribution < 1.29 is 14.6 Å². The second kappa shape index (κ2) is 6.28. The van der Waals surface area contributed by atoms with E-state index in [1.165, 1.54) is 0 Å². The smallest absolute Gasteiger partial charge is 0.321 e. The number of morpholine rings is 1. The van der Waals surface area contributed by atoms with Crippen LogP contribution >= 0.6 is 0 Å². The molecule has 2 aliphatic heterocycles. The number of rotatable bonds is 2. The molecule has 21 heavy (non-hydrogen) atoms. The number of nitrogens with one attached hydrogen (secondary N) is 1. The molecule has 2 amide bonds. The first-order chi connectivity index (χ1) is 10.2. The average Bonchev–Trinajstić information content (AvgIpc) is 2.96. The van der Waals surface area contributed by atoms with Crippen LogP contribution in [0.2, 0.25) is 0 Å². The molecule has 0 spiro atoms. The first kappa shape index (κ1) is 14.1. The summed E-state index contributed by atoms with van der Waals surface area (Å²) in [5, 5.41) is 12.3. The van der Waals surface area contributed by atoms with Gasteiger partial charge in [-0.1, -0.05) is 0 Å². The Morgan fingerprint density at radius 2 is 2.14 bits per heavy atom. The summed E-state index contributed by atoms with van der Waals surface area (Å²) in [7, 11) is 0. The number of ether oxygens (including phenoxy) is 1. The van der Waals surface area contributed by atoms with Gasteiger partial charge in [-0.25, -0.2) is 9.78 Å². The molecule has 3 heterocycles. The number of β-amino-alcohol motifs (C(OH)–C–C–N with tert-alkyl or cyclic N) is 1. The summed E-state index contributed by atoms with van der Waals surface area (Å²) < 4.78 is 5.31. The predicted molar refractivity (Wildman–Crippen MR) is 78.5 cm³/mol. The summed E-state index contributed by atoms with van der Waals surface area (Å²) in [5.74, 6) is 0.896. The Balaban J connectivity index is 1.57. The molecule has 0 aromatic carbocycles. The van der Waals surface area contributed by atoms with Crippen molar-refractivity contribution >= 4 is 17.5 Å². The Hall–Kier alpha value is -1.86. The first-order valence-corrected chi connectivity index (χ1v) is 7.25. The zero-order valence-corrected chi connectivity index (χ0v) is 11.9. The van der Waals surface area contributed by atoms with Crippen LogP contribution in [0.15, 0.2) is 18.3 Å². The molecule has 3 rings (SSSR count). The maximum Gasteiger partial charge on any atom is 0.321 e. The Morgan fingerprint density at radius 3 is 2.76 bits per heavy atom. The molecule has 1 atom stereocenters. The lowest BCUT2D eigenvalue weighted by molar-refractivity contribution is 0.122. The summed E-state index contributed by atoms with van der Waals surface area (Å²) in [5.41, 5.74) is 0.665. The van der Waals surface area contributed by atoms with E-state index in [0.717, 1.165) is 32.1 Å². The highest BCUT2D eigenvalue weighted by Crippen LogP contribution is 2.17. The summed E-state index contributed by atoms with van der Waals surface area (Å²) >= 11 is 0. The molecule has 7 heteroatoms. The van der Waals surface area contributed by atoms with Gasteiger partial charge in [0.1, 0.15) is 5.82 Å². The van der Waals surface area contributed by atoms with Crippen LogP contribution in [0.3, 0.4) is 0 Å². The van der Waals surface area contributed by atoms with Crippen molar-refractivity contribution in [2.75, 3.05) is 49.6 Å². The topological polar surface area (TPSA) is 77.9 Å². The molecule has 1 aromatic heterocycles. The molecule has 0 bridgehead atoms.